The van der Waals surface area contributed by atoms with Crippen molar-refractivity contribution in [2.24, 2.45) is 0 Å². The first-order valence-electron chi connectivity index (χ1n) is 4.85. The summed E-state index contributed by atoms with van der Waals surface area (Å²) in [5.41, 5.74) is 11.4. The maximum absolute atomic E-state index is 9.12. The van der Waals surface area contributed by atoms with Crippen LogP contribution in [0.4, 0.5) is 0 Å². The van der Waals surface area contributed by atoms with Gasteiger partial charge in [0.25, 0.3) is 0 Å². The van der Waals surface area contributed by atoms with Crippen molar-refractivity contribution in [3.8, 4) is 0 Å². The molecule has 0 fully saturated rings. The van der Waals surface area contributed by atoms with E-state index in [1.807, 2.05) is 54.6 Å². The molecule has 0 aliphatic carbocycles. The summed E-state index contributed by atoms with van der Waals surface area (Å²) in [5, 5.41) is 0. The Balaban J connectivity index is 2.55. The van der Waals surface area contributed by atoms with Crippen LogP contribution in [0.15, 0.2) is 59.1 Å². The monoisotopic (exact) mass is 272 g/mol. The minimum absolute atomic E-state index is 0.563. The average molecular weight is 273 g/mol. The fourth-order valence-electron chi connectivity index (χ4n) is 1.52. The van der Waals surface area contributed by atoms with Crippen molar-refractivity contribution in [1.29, 1.82) is 0 Å². The van der Waals surface area contributed by atoms with Gasteiger partial charge in [-0.2, -0.15) is 4.79 Å². The lowest BCUT2D eigenvalue weighted by Gasteiger charge is -1.99. The van der Waals surface area contributed by atoms with Crippen molar-refractivity contribution in [2.75, 3.05) is 0 Å². The van der Waals surface area contributed by atoms with Crippen LogP contribution in [0.25, 0.3) is 5.53 Å². The van der Waals surface area contributed by atoms with E-state index in [0.29, 0.717) is 5.71 Å². The fraction of sp³-hybridized carbons (Fsp3) is 0. The molecule has 0 saturated heterocycles. The molecular formula is C13H9BrN2. The molecule has 78 valence electrons. The van der Waals surface area contributed by atoms with E-state index in [0.717, 1.165) is 15.6 Å². The molecule has 2 nitrogen and oxygen atoms in total. The van der Waals surface area contributed by atoms with Gasteiger partial charge in [-0.1, -0.05) is 30.3 Å². The first kappa shape index (κ1) is 10.8. The molecule has 0 saturated carbocycles. The molecule has 0 aromatic heterocycles. The van der Waals surface area contributed by atoms with E-state index in [1.165, 1.54) is 0 Å². The van der Waals surface area contributed by atoms with Crippen molar-refractivity contribution < 1.29 is 4.79 Å². The summed E-state index contributed by atoms with van der Waals surface area (Å²) in [6.07, 6.45) is 0. The summed E-state index contributed by atoms with van der Waals surface area (Å²) >= 11 is 3.44. The largest absolute Gasteiger partial charge is 0.361 e. The number of benzene rings is 2. The van der Waals surface area contributed by atoms with Crippen LogP contribution in [-0.4, -0.2) is 10.5 Å². The Morgan fingerprint density at radius 2 is 1.56 bits per heavy atom. The van der Waals surface area contributed by atoms with Gasteiger partial charge in [-0.3, -0.25) is 0 Å². The Morgan fingerprint density at radius 3 is 2.19 bits per heavy atom. The van der Waals surface area contributed by atoms with E-state index < -0.39 is 0 Å². The van der Waals surface area contributed by atoms with Gasteiger partial charge in [0.15, 0.2) is 0 Å². The molecular weight excluding hydrogens is 264 g/mol. The summed E-state index contributed by atoms with van der Waals surface area (Å²) < 4.78 is 0.909. The highest BCUT2D eigenvalue weighted by atomic mass is 79.9. The molecule has 0 N–H and O–H groups in total. The molecule has 0 unspecified atom stereocenters. The molecule has 2 aromatic rings. The van der Waals surface area contributed by atoms with Gasteiger partial charge in [0.2, 0.25) is 0 Å². The van der Waals surface area contributed by atoms with Gasteiger partial charge < -0.3 is 5.53 Å². The van der Waals surface area contributed by atoms with Gasteiger partial charge in [0.1, 0.15) is 0 Å². The Bertz CT molecular complexity index is 543. The molecule has 3 heteroatoms. The van der Waals surface area contributed by atoms with Crippen LogP contribution in [0.1, 0.15) is 11.1 Å². The smallest absolute Gasteiger partial charge is 0.330 e. The summed E-state index contributed by atoms with van der Waals surface area (Å²) in [6, 6.07) is 17.2. The maximum atomic E-state index is 9.12. The lowest BCUT2D eigenvalue weighted by Crippen LogP contribution is -2.04. The predicted octanol–water partition coefficient (Wildman–Crippen LogP) is 3.52. The molecule has 16 heavy (non-hydrogen) atoms. The second-order valence-corrected chi connectivity index (χ2v) is 4.15. The van der Waals surface area contributed by atoms with Gasteiger partial charge in [-0.25, -0.2) is 0 Å². The Kier molecular flexibility index (Phi) is 3.30. The van der Waals surface area contributed by atoms with Crippen LogP contribution in [0, 0.1) is 0 Å². The number of rotatable bonds is 2. The van der Waals surface area contributed by atoms with E-state index in [-0.39, 0.29) is 0 Å². The van der Waals surface area contributed by atoms with Crippen molar-refractivity contribution >= 4 is 21.6 Å². The predicted molar refractivity (Wildman–Crippen MR) is 67.4 cm³/mol. The van der Waals surface area contributed by atoms with E-state index in [9.17, 15) is 0 Å². The molecule has 0 aliphatic heterocycles. The number of halogens is 1. The molecule has 0 amide bonds. The van der Waals surface area contributed by atoms with Gasteiger partial charge >= 0.3 is 5.71 Å². The van der Waals surface area contributed by atoms with Crippen molar-refractivity contribution in [1.82, 2.24) is 0 Å². The van der Waals surface area contributed by atoms with Crippen molar-refractivity contribution in [3.05, 3.63) is 75.7 Å². The van der Waals surface area contributed by atoms with Gasteiger partial charge in [-0.15, -0.1) is 0 Å². The third kappa shape index (κ3) is 2.11. The normalized spacial score (nSPS) is 9.56. The number of nitrogens with zero attached hydrogens (tertiary/aromatic N) is 2. The van der Waals surface area contributed by atoms with E-state index in [1.54, 1.807) is 0 Å². The number of hydrogen-bond donors (Lipinski definition) is 0. The average Bonchev–Trinajstić information content (AvgIpc) is 2.34. The molecule has 0 heterocycles. The zero-order valence-corrected chi connectivity index (χ0v) is 10.1. The zero-order chi connectivity index (χ0) is 11.4. The van der Waals surface area contributed by atoms with Crippen LogP contribution >= 0.6 is 15.9 Å². The SMILES string of the molecule is [N-]=[N+]=C(c1ccccc1)c1ccccc1Br. The summed E-state index contributed by atoms with van der Waals surface area (Å²) in [7, 11) is 0. The van der Waals surface area contributed by atoms with Gasteiger partial charge in [-0.05, 0) is 40.2 Å². The van der Waals surface area contributed by atoms with E-state index in [2.05, 4.69) is 20.7 Å². The number of hydrogen-bond acceptors (Lipinski definition) is 0. The van der Waals surface area contributed by atoms with Crippen LogP contribution in [-0.2, 0) is 0 Å². The van der Waals surface area contributed by atoms with E-state index >= 15 is 0 Å². The molecule has 0 bridgehead atoms. The van der Waals surface area contributed by atoms with Gasteiger partial charge in [0.05, 0.1) is 11.1 Å². The highest BCUT2D eigenvalue weighted by Crippen LogP contribution is 2.19. The second-order valence-electron chi connectivity index (χ2n) is 3.29. The molecule has 0 aliphatic rings. The minimum atomic E-state index is 0.563. The lowest BCUT2D eigenvalue weighted by atomic mass is 10.0. The highest BCUT2D eigenvalue weighted by molar-refractivity contribution is 9.10. The summed E-state index contributed by atoms with van der Waals surface area (Å²) in [6.45, 7) is 0. The van der Waals surface area contributed by atoms with Crippen LogP contribution in [0.5, 0.6) is 0 Å². The van der Waals surface area contributed by atoms with Crippen LogP contribution in [0.2, 0.25) is 0 Å². The molecule has 2 aromatic carbocycles. The Labute approximate surface area is 102 Å². The Morgan fingerprint density at radius 1 is 0.938 bits per heavy atom. The third-order valence-corrected chi connectivity index (χ3v) is 2.97. The minimum Gasteiger partial charge on any atom is -0.361 e. The topological polar surface area (TPSA) is 36.4 Å². The third-order valence-electron chi connectivity index (χ3n) is 2.28. The standard InChI is InChI=1S/C13H9BrN2/c14-12-9-5-4-8-11(12)13(16-15)10-6-2-1-3-7-10/h1-9H. The van der Waals surface area contributed by atoms with Crippen LogP contribution in [0.3, 0.4) is 0 Å². The second kappa shape index (κ2) is 4.88. The lowest BCUT2D eigenvalue weighted by molar-refractivity contribution is -0.00284. The maximum Gasteiger partial charge on any atom is 0.330 e. The highest BCUT2D eigenvalue weighted by Gasteiger charge is 2.16. The molecule has 0 radical (unpaired) electrons. The zero-order valence-electron chi connectivity index (χ0n) is 8.47. The van der Waals surface area contributed by atoms with Crippen molar-refractivity contribution in [3.63, 3.8) is 0 Å². The van der Waals surface area contributed by atoms with E-state index in [4.69, 9.17) is 5.53 Å². The van der Waals surface area contributed by atoms with Crippen molar-refractivity contribution in [2.45, 2.75) is 0 Å². The first-order chi connectivity index (χ1) is 7.83. The summed E-state index contributed by atoms with van der Waals surface area (Å²) in [4.78, 5) is 3.38. The summed E-state index contributed by atoms with van der Waals surface area (Å²) in [5.74, 6) is 0. The Hall–Kier alpha value is -1.70. The molecule has 2 rings (SSSR count). The molecule has 0 spiro atoms. The fourth-order valence-corrected chi connectivity index (χ4v) is 1.99. The first-order valence-corrected chi connectivity index (χ1v) is 5.64. The van der Waals surface area contributed by atoms with Gasteiger partial charge in [0, 0.05) is 4.47 Å². The molecule has 0 atom stereocenters. The van der Waals surface area contributed by atoms with Crippen LogP contribution < -0.4 is 0 Å². The quantitative estimate of drug-likeness (QED) is 0.456.